The molecule has 0 unspecified atom stereocenters. The lowest BCUT2D eigenvalue weighted by molar-refractivity contribution is 0.217. The molecule has 0 bridgehead atoms. The Bertz CT molecular complexity index is 421. The van der Waals surface area contributed by atoms with Crippen LogP contribution in [0.4, 0.5) is 4.39 Å². The molecule has 0 fully saturated rings. The third-order valence-electron chi connectivity index (χ3n) is 4.78. The molecule has 1 aliphatic rings. The van der Waals surface area contributed by atoms with Gasteiger partial charge in [0.1, 0.15) is 5.82 Å². The van der Waals surface area contributed by atoms with Crippen LogP contribution in [0.25, 0.3) is 0 Å². The van der Waals surface area contributed by atoms with E-state index in [0.717, 1.165) is 18.4 Å². The maximum absolute atomic E-state index is 13.9. The van der Waals surface area contributed by atoms with Crippen LogP contribution in [0.2, 0.25) is 0 Å². The molecular weight excluding hydrogens is 211 g/mol. The minimum atomic E-state index is -0.00576. The van der Waals surface area contributed by atoms with E-state index in [9.17, 15) is 4.39 Å². The number of halogens is 1. The van der Waals surface area contributed by atoms with Crippen LogP contribution in [0.15, 0.2) is 12.1 Å². The van der Waals surface area contributed by atoms with Crippen molar-refractivity contribution in [3.05, 3.63) is 34.6 Å². The standard InChI is InChI=1S/C16H23F/c1-10(2)16(11(3)4)9-8-13-14(17)7-6-12(5)15(13)16/h6-7,10-11H,8-9H2,1-5H3. The maximum atomic E-state index is 13.9. The van der Waals surface area contributed by atoms with E-state index in [2.05, 4.69) is 34.6 Å². The van der Waals surface area contributed by atoms with Gasteiger partial charge in [0.25, 0.3) is 0 Å². The van der Waals surface area contributed by atoms with Gasteiger partial charge in [-0.2, -0.15) is 0 Å². The van der Waals surface area contributed by atoms with Gasteiger partial charge in [0.05, 0.1) is 0 Å². The molecule has 0 spiro atoms. The predicted octanol–water partition coefficient (Wildman–Crippen LogP) is 4.63. The highest BCUT2D eigenvalue weighted by atomic mass is 19.1. The van der Waals surface area contributed by atoms with Crippen LogP contribution in [0.5, 0.6) is 0 Å². The Labute approximate surface area is 104 Å². The van der Waals surface area contributed by atoms with Crippen molar-refractivity contribution in [2.45, 2.75) is 52.9 Å². The van der Waals surface area contributed by atoms with Gasteiger partial charge in [-0.05, 0) is 54.4 Å². The second kappa shape index (κ2) is 4.12. The molecule has 0 atom stereocenters. The van der Waals surface area contributed by atoms with Gasteiger partial charge in [-0.25, -0.2) is 4.39 Å². The van der Waals surface area contributed by atoms with Gasteiger partial charge in [-0.3, -0.25) is 0 Å². The van der Waals surface area contributed by atoms with E-state index in [0.29, 0.717) is 11.8 Å². The van der Waals surface area contributed by atoms with E-state index >= 15 is 0 Å². The Morgan fingerprint density at radius 3 is 2.24 bits per heavy atom. The summed E-state index contributed by atoms with van der Waals surface area (Å²) in [7, 11) is 0. The highest BCUT2D eigenvalue weighted by Gasteiger charge is 2.45. The number of benzene rings is 1. The fraction of sp³-hybridized carbons (Fsp3) is 0.625. The predicted molar refractivity (Wildman–Crippen MR) is 70.8 cm³/mol. The maximum Gasteiger partial charge on any atom is 0.126 e. The lowest BCUT2D eigenvalue weighted by Crippen LogP contribution is -2.36. The topological polar surface area (TPSA) is 0 Å². The smallest absolute Gasteiger partial charge is 0.126 e. The highest BCUT2D eigenvalue weighted by molar-refractivity contribution is 5.46. The summed E-state index contributed by atoms with van der Waals surface area (Å²) in [4.78, 5) is 0. The van der Waals surface area contributed by atoms with Crippen LogP contribution in [-0.2, 0) is 11.8 Å². The van der Waals surface area contributed by atoms with Gasteiger partial charge >= 0.3 is 0 Å². The van der Waals surface area contributed by atoms with Crippen LogP contribution in [-0.4, -0.2) is 0 Å². The van der Waals surface area contributed by atoms with Crippen molar-refractivity contribution in [1.82, 2.24) is 0 Å². The SMILES string of the molecule is Cc1ccc(F)c2c1C(C(C)C)(C(C)C)CC2. The first-order valence-electron chi connectivity index (χ1n) is 6.69. The van der Waals surface area contributed by atoms with Gasteiger partial charge in [0.2, 0.25) is 0 Å². The van der Waals surface area contributed by atoms with E-state index < -0.39 is 0 Å². The molecule has 2 rings (SSSR count). The normalized spacial score (nSPS) is 17.9. The molecule has 0 heterocycles. The molecule has 1 heteroatoms. The molecule has 94 valence electrons. The largest absolute Gasteiger partial charge is 0.207 e. The molecule has 0 N–H and O–H groups in total. The Hall–Kier alpha value is -0.850. The molecule has 1 aliphatic carbocycles. The lowest BCUT2D eigenvalue weighted by Gasteiger charge is -2.40. The van der Waals surface area contributed by atoms with E-state index in [1.165, 1.54) is 11.1 Å². The summed E-state index contributed by atoms with van der Waals surface area (Å²) < 4.78 is 13.9. The molecule has 17 heavy (non-hydrogen) atoms. The molecule has 0 nitrogen and oxygen atoms in total. The Morgan fingerprint density at radius 2 is 1.71 bits per heavy atom. The van der Waals surface area contributed by atoms with Crippen molar-refractivity contribution < 1.29 is 4.39 Å². The van der Waals surface area contributed by atoms with Crippen LogP contribution < -0.4 is 0 Å². The molecule has 1 aromatic rings. The number of aryl methyl sites for hydroxylation is 1. The Morgan fingerprint density at radius 1 is 1.12 bits per heavy atom. The van der Waals surface area contributed by atoms with Crippen molar-refractivity contribution in [2.75, 3.05) is 0 Å². The van der Waals surface area contributed by atoms with Crippen molar-refractivity contribution in [3.8, 4) is 0 Å². The molecule has 0 saturated heterocycles. The van der Waals surface area contributed by atoms with E-state index in [-0.39, 0.29) is 11.2 Å². The number of hydrogen-bond acceptors (Lipinski definition) is 0. The van der Waals surface area contributed by atoms with E-state index in [1.807, 2.05) is 6.07 Å². The first-order chi connectivity index (χ1) is 7.91. The van der Waals surface area contributed by atoms with Crippen molar-refractivity contribution in [3.63, 3.8) is 0 Å². The zero-order valence-electron chi connectivity index (χ0n) is 11.6. The third-order valence-corrected chi connectivity index (χ3v) is 4.78. The second-order valence-corrected chi connectivity index (χ2v) is 6.07. The van der Waals surface area contributed by atoms with Crippen LogP contribution >= 0.6 is 0 Å². The number of rotatable bonds is 2. The van der Waals surface area contributed by atoms with Crippen LogP contribution in [0.3, 0.4) is 0 Å². The molecule has 0 amide bonds. The third kappa shape index (κ3) is 1.63. The minimum Gasteiger partial charge on any atom is -0.207 e. The van der Waals surface area contributed by atoms with E-state index in [1.54, 1.807) is 6.07 Å². The van der Waals surface area contributed by atoms with Gasteiger partial charge in [0, 0.05) is 5.41 Å². The van der Waals surface area contributed by atoms with Gasteiger partial charge in [-0.1, -0.05) is 33.8 Å². The summed E-state index contributed by atoms with van der Waals surface area (Å²) in [5, 5.41) is 0. The molecular formula is C16H23F. The molecule has 0 aromatic heterocycles. The van der Waals surface area contributed by atoms with Crippen LogP contribution in [0, 0.1) is 24.6 Å². The molecule has 0 saturated carbocycles. The zero-order valence-corrected chi connectivity index (χ0v) is 11.6. The van der Waals surface area contributed by atoms with Gasteiger partial charge < -0.3 is 0 Å². The summed E-state index contributed by atoms with van der Waals surface area (Å²) in [6.45, 7) is 11.2. The van der Waals surface area contributed by atoms with Crippen molar-refractivity contribution >= 4 is 0 Å². The average molecular weight is 234 g/mol. The van der Waals surface area contributed by atoms with Gasteiger partial charge in [0.15, 0.2) is 0 Å². The molecule has 1 aromatic carbocycles. The zero-order chi connectivity index (χ0) is 12.8. The molecule has 0 aliphatic heterocycles. The van der Waals surface area contributed by atoms with Crippen LogP contribution in [0.1, 0.15) is 50.8 Å². The number of hydrogen-bond donors (Lipinski definition) is 0. The summed E-state index contributed by atoms with van der Waals surface area (Å²) in [6, 6.07) is 3.57. The first-order valence-corrected chi connectivity index (χ1v) is 6.69. The monoisotopic (exact) mass is 234 g/mol. The lowest BCUT2D eigenvalue weighted by atomic mass is 9.64. The fourth-order valence-corrected chi connectivity index (χ4v) is 3.91. The van der Waals surface area contributed by atoms with E-state index in [4.69, 9.17) is 0 Å². The average Bonchev–Trinajstić information content (AvgIpc) is 2.65. The highest BCUT2D eigenvalue weighted by Crippen LogP contribution is 2.51. The van der Waals surface area contributed by atoms with Gasteiger partial charge in [-0.15, -0.1) is 0 Å². The summed E-state index contributed by atoms with van der Waals surface area (Å²) in [5.41, 5.74) is 3.72. The summed E-state index contributed by atoms with van der Waals surface area (Å²) >= 11 is 0. The minimum absolute atomic E-state index is 0.00576. The summed E-state index contributed by atoms with van der Waals surface area (Å²) in [5.74, 6) is 1.11. The fourth-order valence-electron chi connectivity index (χ4n) is 3.91. The molecule has 0 radical (unpaired) electrons. The first kappa shape index (κ1) is 12.6. The Balaban J connectivity index is 2.69. The number of fused-ring (bicyclic) bond motifs is 1. The summed E-state index contributed by atoms with van der Waals surface area (Å²) in [6.07, 6.45) is 2.00. The Kier molecular flexibility index (Phi) is 3.05. The quantitative estimate of drug-likeness (QED) is 0.700. The second-order valence-electron chi connectivity index (χ2n) is 6.07. The van der Waals surface area contributed by atoms with Crippen molar-refractivity contribution in [2.24, 2.45) is 11.8 Å². The van der Waals surface area contributed by atoms with Crippen molar-refractivity contribution in [1.29, 1.82) is 0 Å².